The van der Waals surface area contributed by atoms with E-state index >= 15 is 0 Å². The highest BCUT2D eigenvalue weighted by Crippen LogP contribution is 2.28. The monoisotopic (exact) mass is 247 g/mol. The topological polar surface area (TPSA) is 52.3 Å². The van der Waals surface area contributed by atoms with E-state index in [4.69, 9.17) is 17.3 Å². The van der Waals surface area contributed by atoms with Crippen LogP contribution in [0.1, 0.15) is 30.2 Å². The third-order valence-corrected chi connectivity index (χ3v) is 3.45. The van der Waals surface area contributed by atoms with Crippen molar-refractivity contribution in [3.8, 4) is 0 Å². The van der Waals surface area contributed by atoms with Crippen molar-refractivity contribution in [2.75, 3.05) is 7.11 Å². The van der Waals surface area contributed by atoms with Crippen LogP contribution in [-0.4, -0.2) is 13.1 Å². The number of hydrogen-bond donors (Lipinski definition) is 1. The van der Waals surface area contributed by atoms with E-state index < -0.39 is 0 Å². The second-order valence-corrected chi connectivity index (χ2v) is 4.96. The summed E-state index contributed by atoms with van der Waals surface area (Å²) in [6, 6.07) is 3.73. The molecule has 0 bridgehead atoms. The Hall–Kier alpha value is -0.580. The number of nitrogens with two attached hydrogens (primary N) is 1. The van der Waals surface area contributed by atoms with Crippen molar-refractivity contribution in [2.45, 2.75) is 25.3 Å². The number of ether oxygens (including phenoxy) is 1. The van der Waals surface area contributed by atoms with Crippen LogP contribution in [0, 0.1) is 0 Å². The van der Waals surface area contributed by atoms with Gasteiger partial charge in [-0.15, -0.1) is 11.3 Å². The third kappa shape index (κ3) is 4.20. The van der Waals surface area contributed by atoms with Gasteiger partial charge in [0.1, 0.15) is 0 Å². The molecule has 0 saturated carbocycles. The number of thiophene rings is 1. The molecular formula is C10H14ClNO2S. The van der Waals surface area contributed by atoms with Crippen LogP contribution < -0.4 is 5.73 Å². The molecule has 0 fully saturated rings. The average molecular weight is 248 g/mol. The fourth-order valence-electron chi connectivity index (χ4n) is 1.24. The van der Waals surface area contributed by atoms with Gasteiger partial charge in [-0.2, -0.15) is 0 Å². The van der Waals surface area contributed by atoms with Gasteiger partial charge in [-0.1, -0.05) is 11.6 Å². The molecule has 3 nitrogen and oxygen atoms in total. The lowest BCUT2D eigenvalue weighted by molar-refractivity contribution is -0.140. The summed E-state index contributed by atoms with van der Waals surface area (Å²) in [5, 5.41) is 0. The van der Waals surface area contributed by atoms with Crippen LogP contribution in [0.3, 0.4) is 0 Å². The first kappa shape index (κ1) is 12.5. The van der Waals surface area contributed by atoms with Gasteiger partial charge in [0.05, 0.1) is 11.4 Å². The summed E-state index contributed by atoms with van der Waals surface area (Å²) < 4.78 is 5.29. The van der Waals surface area contributed by atoms with Gasteiger partial charge < -0.3 is 10.5 Å². The summed E-state index contributed by atoms with van der Waals surface area (Å²) in [6.07, 6.45) is 1.93. The zero-order valence-electron chi connectivity index (χ0n) is 8.53. The van der Waals surface area contributed by atoms with Crippen LogP contribution in [0.25, 0.3) is 0 Å². The molecular weight excluding hydrogens is 234 g/mol. The normalized spacial score (nSPS) is 12.5. The SMILES string of the molecule is COC(=O)CCCC(N)c1ccc(Cl)s1. The third-order valence-electron chi connectivity index (χ3n) is 2.08. The molecule has 1 aromatic heterocycles. The molecule has 1 heterocycles. The summed E-state index contributed by atoms with van der Waals surface area (Å²) in [7, 11) is 1.39. The first-order chi connectivity index (χ1) is 7.13. The van der Waals surface area contributed by atoms with Crippen LogP contribution in [0.2, 0.25) is 4.34 Å². The van der Waals surface area contributed by atoms with Crippen molar-refractivity contribution in [2.24, 2.45) is 5.73 Å². The Morgan fingerprint density at radius 3 is 2.93 bits per heavy atom. The van der Waals surface area contributed by atoms with Crippen molar-refractivity contribution >= 4 is 28.9 Å². The first-order valence-electron chi connectivity index (χ1n) is 4.71. The predicted molar refractivity (Wildman–Crippen MR) is 62.1 cm³/mol. The maximum absolute atomic E-state index is 10.9. The van der Waals surface area contributed by atoms with Crippen molar-refractivity contribution in [1.82, 2.24) is 0 Å². The van der Waals surface area contributed by atoms with Crippen LogP contribution in [0.4, 0.5) is 0 Å². The van der Waals surface area contributed by atoms with E-state index in [1.165, 1.54) is 18.4 Å². The maximum Gasteiger partial charge on any atom is 0.305 e. The quantitative estimate of drug-likeness (QED) is 0.814. The Kier molecular flexibility index (Phi) is 5.08. The molecule has 1 atom stereocenters. The Bertz CT molecular complexity index is 327. The Balaban J connectivity index is 2.30. The molecule has 1 unspecified atom stereocenters. The van der Waals surface area contributed by atoms with E-state index in [0.29, 0.717) is 6.42 Å². The van der Waals surface area contributed by atoms with Gasteiger partial charge >= 0.3 is 5.97 Å². The second kappa shape index (κ2) is 6.10. The Morgan fingerprint density at radius 1 is 1.67 bits per heavy atom. The summed E-state index contributed by atoms with van der Waals surface area (Å²) in [6.45, 7) is 0. The fourth-order valence-corrected chi connectivity index (χ4v) is 2.34. The summed E-state index contributed by atoms with van der Waals surface area (Å²) >= 11 is 7.28. The van der Waals surface area contributed by atoms with Crippen LogP contribution in [-0.2, 0) is 9.53 Å². The smallest absolute Gasteiger partial charge is 0.305 e. The molecule has 0 aliphatic rings. The molecule has 0 radical (unpaired) electrons. The molecule has 15 heavy (non-hydrogen) atoms. The van der Waals surface area contributed by atoms with Gasteiger partial charge in [0, 0.05) is 17.3 Å². The number of methoxy groups -OCH3 is 1. The van der Waals surface area contributed by atoms with Gasteiger partial charge in [-0.25, -0.2) is 0 Å². The molecule has 2 N–H and O–H groups in total. The molecule has 1 aromatic rings. The minimum atomic E-state index is -0.189. The Labute approximate surface area is 98.2 Å². The van der Waals surface area contributed by atoms with Crippen LogP contribution in [0.15, 0.2) is 12.1 Å². The summed E-state index contributed by atoms with van der Waals surface area (Å²) in [5.74, 6) is -0.189. The number of esters is 1. The second-order valence-electron chi connectivity index (χ2n) is 3.22. The minimum Gasteiger partial charge on any atom is -0.469 e. The summed E-state index contributed by atoms with van der Waals surface area (Å²) in [5.41, 5.74) is 5.94. The fraction of sp³-hybridized carbons (Fsp3) is 0.500. The number of carbonyl (C=O) groups excluding carboxylic acids is 1. The molecule has 0 aromatic carbocycles. The van der Waals surface area contributed by atoms with E-state index in [9.17, 15) is 4.79 Å². The largest absolute Gasteiger partial charge is 0.469 e. The van der Waals surface area contributed by atoms with Crippen molar-refractivity contribution in [3.63, 3.8) is 0 Å². The standard InChI is InChI=1S/C10H14ClNO2S/c1-14-10(13)4-2-3-7(12)8-5-6-9(11)15-8/h5-7H,2-4,12H2,1H3. The number of hydrogen-bond acceptors (Lipinski definition) is 4. The molecule has 0 aliphatic heterocycles. The highest BCUT2D eigenvalue weighted by molar-refractivity contribution is 7.16. The van der Waals surface area contributed by atoms with Gasteiger partial charge in [0.25, 0.3) is 0 Å². The van der Waals surface area contributed by atoms with Gasteiger partial charge in [-0.3, -0.25) is 4.79 Å². The number of rotatable bonds is 5. The highest BCUT2D eigenvalue weighted by Gasteiger charge is 2.09. The highest BCUT2D eigenvalue weighted by atomic mass is 35.5. The average Bonchev–Trinajstić information content (AvgIpc) is 2.64. The lowest BCUT2D eigenvalue weighted by Gasteiger charge is -2.08. The van der Waals surface area contributed by atoms with Crippen molar-refractivity contribution < 1.29 is 9.53 Å². The maximum atomic E-state index is 10.9. The molecule has 1 rings (SSSR count). The Morgan fingerprint density at radius 2 is 2.40 bits per heavy atom. The van der Waals surface area contributed by atoms with Crippen molar-refractivity contribution in [1.29, 1.82) is 0 Å². The van der Waals surface area contributed by atoms with E-state index in [-0.39, 0.29) is 12.0 Å². The lowest BCUT2D eigenvalue weighted by atomic mass is 10.1. The summed E-state index contributed by atoms with van der Waals surface area (Å²) in [4.78, 5) is 11.9. The molecule has 0 aliphatic carbocycles. The lowest BCUT2D eigenvalue weighted by Crippen LogP contribution is -2.09. The molecule has 0 amide bonds. The van der Waals surface area contributed by atoms with Gasteiger partial charge in [0.15, 0.2) is 0 Å². The van der Waals surface area contributed by atoms with E-state index in [1.807, 2.05) is 12.1 Å². The molecule has 0 saturated heterocycles. The molecule has 84 valence electrons. The first-order valence-corrected chi connectivity index (χ1v) is 5.90. The minimum absolute atomic E-state index is 0.0350. The number of carbonyl (C=O) groups is 1. The van der Waals surface area contributed by atoms with Crippen LogP contribution >= 0.6 is 22.9 Å². The zero-order chi connectivity index (χ0) is 11.3. The van der Waals surface area contributed by atoms with Gasteiger partial charge in [0.2, 0.25) is 0 Å². The van der Waals surface area contributed by atoms with E-state index in [2.05, 4.69) is 4.74 Å². The number of halogens is 1. The zero-order valence-corrected chi connectivity index (χ0v) is 10.1. The molecule has 5 heteroatoms. The van der Waals surface area contributed by atoms with Crippen molar-refractivity contribution in [3.05, 3.63) is 21.3 Å². The van der Waals surface area contributed by atoms with E-state index in [1.54, 1.807) is 0 Å². The molecule has 0 spiro atoms. The van der Waals surface area contributed by atoms with Crippen LogP contribution in [0.5, 0.6) is 0 Å². The van der Waals surface area contributed by atoms with E-state index in [0.717, 1.165) is 22.1 Å². The van der Waals surface area contributed by atoms with Gasteiger partial charge in [-0.05, 0) is 25.0 Å². The predicted octanol–water partition coefficient (Wildman–Crippen LogP) is 2.74.